The van der Waals surface area contributed by atoms with Crippen LogP contribution in [0.3, 0.4) is 0 Å². The molecule has 1 amide bonds. The molecule has 3 rings (SSSR count). The summed E-state index contributed by atoms with van der Waals surface area (Å²) in [5.41, 5.74) is 0.963. The molecule has 1 saturated carbocycles. The average molecular weight is 297 g/mol. The number of benzene rings is 1. The van der Waals surface area contributed by atoms with Gasteiger partial charge in [-0.25, -0.2) is 0 Å². The van der Waals surface area contributed by atoms with E-state index in [1.165, 1.54) is 0 Å². The van der Waals surface area contributed by atoms with Crippen molar-refractivity contribution in [3.8, 4) is 11.5 Å². The van der Waals surface area contributed by atoms with Gasteiger partial charge in [0.15, 0.2) is 11.5 Å². The Labute approximate surface area is 122 Å². The molecular weight excluding hydrogens is 280 g/mol. The van der Waals surface area contributed by atoms with E-state index in [9.17, 15) is 4.79 Å². The van der Waals surface area contributed by atoms with Crippen LogP contribution in [0.25, 0.3) is 0 Å². The highest BCUT2D eigenvalue weighted by atomic mass is 35.5. The van der Waals surface area contributed by atoms with Gasteiger partial charge in [-0.05, 0) is 37.5 Å². The maximum Gasteiger partial charge on any atom is 0.237 e. The van der Waals surface area contributed by atoms with E-state index in [0.717, 1.165) is 18.4 Å². The molecule has 2 aliphatic rings. The lowest BCUT2D eigenvalue weighted by Crippen LogP contribution is -2.42. The highest BCUT2D eigenvalue weighted by molar-refractivity contribution is 6.32. The monoisotopic (exact) mass is 296 g/mol. The van der Waals surface area contributed by atoms with Gasteiger partial charge >= 0.3 is 0 Å². The van der Waals surface area contributed by atoms with E-state index in [2.05, 4.69) is 10.6 Å². The number of rotatable bonds is 5. The maximum absolute atomic E-state index is 11.8. The Kier molecular flexibility index (Phi) is 3.72. The number of amides is 1. The molecular formula is C14H17ClN2O3. The van der Waals surface area contributed by atoms with Gasteiger partial charge in [-0.15, -0.1) is 0 Å². The Hall–Kier alpha value is -1.46. The smallest absolute Gasteiger partial charge is 0.237 e. The molecule has 0 radical (unpaired) electrons. The molecule has 108 valence electrons. The quantitative estimate of drug-likeness (QED) is 0.870. The minimum absolute atomic E-state index is 0.0411. The fourth-order valence-corrected chi connectivity index (χ4v) is 2.33. The van der Waals surface area contributed by atoms with Crippen molar-refractivity contribution in [3.05, 3.63) is 22.7 Å². The highest BCUT2D eigenvalue weighted by Crippen LogP contribution is 2.39. The summed E-state index contributed by atoms with van der Waals surface area (Å²) in [6.45, 7) is 2.61. The first-order valence-electron chi connectivity index (χ1n) is 6.75. The molecule has 0 aromatic heterocycles. The summed E-state index contributed by atoms with van der Waals surface area (Å²) in [5, 5.41) is 6.69. The van der Waals surface area contributed by atoms with E-state index in [1.54, 1.807) is 0 Å². The summed E-state index contributed by atoms with van der Waals surface area (Å²) in [6, 6.07) is 3.85. The van der Waals surface area contributed by atoms with Crippen molar-refractivity contribution >= 4 is 17.5 Å². The molecule has 1 aliphatic carbocycles. The van der Waals surface area contributed by atoms with Crippen molar-refractivity contribution < 1.29 is 14.3 Å². The van der Waals surface area contributed by atoms with Crippen molar-refractivity contribution in [2.24, 2.45) is 0 Å². The second-order valence-corrected chi connectivity index (χ2v) is 5.60. The molecule has 5 nitrogen and oxygen atoms in total. The molecule has 0 spiro atoms. The van der Waals surface area contributed by atoms with E-state index in [0.29, 0.717) is 29.1 Å². The van der Waals surface area contributed by atoms with Gasteiger partial charge < -0.3 is 20.1 Å². The molecule has 1 unspecified atom stereocenters. The zero-order valence-corrected chi connectivity index (χ0v) is 12.0. The largest absolute Gasteiger partial charge is 0.454 e. The van der Waals surface area contributed by atoms with Gasteiger partial charge in [0.1, 0.15) is 0 Å². The summed E-state index contributed by atoms with van der Waals surface area (Å²) in [7, 11) is 0. The molecule has 1 aromatic rings. The van der Waals surface area contributed by atoms with Crippen molar-refractivity contribution in [1.29, 1.82) is 0 Å². The number of ether oxygens (including phenoxy) is 2. The fraction of sp³-hybridized carbons (Fsp3) is 0.500. The van der Waals surface area contributed by atoms with E-state index < -0.39 is 0 Å². The number of nitrogens with one attached hydrogen (secondary N) is 2. The van der Waals surface area contributed by atoms with Gasteiger partial charge in [-0.2, -0.15) is 0 Å². The maximum atomic E-state index is 11.8. The zero-order valence-electron chi connectivity index (χ0n) is 11.2. The van der Waals surface area contributed by atoms with E-state index >= 15 is 0 Å². The van der Waals surface area contributed by atoms with Crippen LogP contribution in [-0.2, 0) is 11.3 Å². The van der Waals surface area contributed by atoms with Gasteiger partial charge in [-0.1, -0.05) is 11.6 Å². The summed E-state index contributed by atoms with van der Waals surface area (Å²) < 4.78 is 10.6. The molecule has 1 heterocycles. The van der Waals surface area contributed by atoms with Crippen molar-refractivity contribution in [3.63, 3.8) is 0 Å². The van der Waals surface area contributed by atoms with Crippen molar-refractivity contribution in [2.45, 2.75) is 38.4 Å². The van der Waals surface area contributed by atoms with Crippen molar-refractivity contribution in [1.82, 2.24) is 10.6 Å². The molecule has 6 heteroatoms. The van der Waals surface area contributed by atoms with Crippen LogP contribution in [0.15, 0.2) is 12.1 Å². The first-order valence-corrected chi connectivity index (χ1v) is 7.13. The number of hydrogen-bond donors (Lipinski definition) is 2. The summed E-state index contributed by atoms with van der Waals surface area (Å²) in [4.78, 5) is 11.8. The van der Waals surface area contributed by atoms with E-state index in [1.807, 2.05) is 19.1 Å². The summed E-state index contributed by atoms with van der Waals surface area (Å²) in [5.74, 6) is 1.29. The minimum Gasteiger partial charge on any atom is -0.454 e. The number of carbonyl (C=O) groups is 1. The van der Waals surface area contributed by atoms with Crippen LogP contribution in [0.1, 0.15) is 25.3 Å². The summed E-state index contributed by atoms with van der Waals surface area (Å²) >= 11 is 6.12. The molecule has 0 bridgehead atoms. The number of carbonyl (C=O) groups excluding carboxylic acids is 1. The minimum atomic E-state index is -0.236. The van der Waals surface area contributed by atoms with Gasteiger partial charge in [-0.3, -0.25) is 4.79 Å². The Morgan fingerprint density at radius 3 is 3.00 bits per heavy atom. The van der Waals surface area contributed by atoms with Crippen LogP contribution >= 0.6 is 11.6 Å². The zero-order chi connectivity index (χ0) is 14.1. The lowest BCUT2D eigenvalue weighted by Gasteiger charge is -2.14. The van der Waals surface area contributed by atoms with Crippen molar-refractivity contribution in [2.75, 3.05) is 6.79 Å². The SMILES string of the molecule is CC(NCc1cc(Cl)c2c(c1)OCO2)C(=O)NC1CC1. The van der Waals surface area contributed by atoms with E-state index in [-0.39, 0.29) is 18.7 Å². The van der Waals surface area contributed by atoms with Crippen LogP contribution in [0, 0.1) is 0 Å². The Balaban J connectivity index is 1.57. The number of hydrogen-bond acceptors (Lipinski definition) is 4. The molecule has 1 aromatic carbocycles. The molecule has 0 saturated heterocycles. The number of halogens is 1. The number of fused-ring (bicyclic) bond motifs is 1. The van der Waals surface area contributed by atoms with Gasteiger partial charge in [0, 0.05) is 12.6 Å². The van der Waals surface area contributed by atoms with Gasteiger partial charge in [0.25, 0.3) is 0 Å². The lowest BCUT2D eigenvalue weighted by molar-refractivity contribution is -0.122. The lowest BCUT2D eigenvalue weighted by atomic mass is 10.2. The standard InChI is InChI=1S/C14H17ClN2O3/c1-8(14(18)17-10-2-3-10)16-6-9-4-11(15)13-12(5-9)19-7-20-13/h4-5,8,10,16H,2-3,6-7H2,1H3,(H,17,18). The predicted molar refractivity (Wildman–Crippen MR) is 75.0 cm³/mol. The molecule has 20 heavy (non-hydrogen) atoms. The van der Waals surface area contributed by atoms with E-state index in [4.69, 9.17) is 21.1 Å². The highest BCUT2D eigenvalue weighted by Gasteiger charge is 2.25. The fourth-order valence-electron chi connectivity index (χ4n) is 2.04. The second-order valence-electron chi connectivity index (χ2n) is 5.20. The molecule has 2 N–H and O–H groups in total. The third-order valence-electron chi connectivity index (χ3n) is 3.42. The van der Waals surface area contributed by atoms with Crippen LogP contribution in [0.2, 0.25) is 5.02 Å². The second kappa shape index (κ2) is 5.50. The molecule has 1 aliphatic heterocycles. The average Bonchev–Trinajstić information content (AvgIpc) is 3.10. The van der Waals surface area contributed by atoms with Crippen LogP contribution in [-0.4, -0.2) is 24.8 Å². The Bertz CT molecular complexity index is 531. The molecule has 1 fully saturated rings. The third-order valence-corrected chi connectivity index (χ3v) is 3.70. The van der Waals surface area contributed by atoms with Crippen LogP contribution in [0.5, 0.6) is 11.5 Å². The topological polar surface area (TPSA) is 59.6 Å². The van der Waals surface area contributed by atoms with Gasteiger partial charge in [0.05, 0.1) is 11.1 Å². The normalized spacial score (nSPS) is 17.9. The van der Waals surface area contributed by atoms with Gasteiger partial charge in [0.2, 0.25) is 12.7 Å². The molecule has 1 atom stereocenters. The Morgan fingerprint density at radius 1 is 1.45 bits per heavy atom. The first-order chi connectivity index (χ1) is 9.63. The van der Waals surface area contributed by atoms with Crippen LogP contribution in [0.4, 0.5) is 0 Å². The Morgan fingerprint density at radius 2 is 2.25 bits per heavy atom. The first kappa shape index (κ1) is 13.5. The third kappa shape index (κ3) is 2.99. The van der Waals surface area contributed by atoms with Crippen LogP contribution < -0.4 is 20.1 Å². The summed E-state index contributed by atoms with van der Waals surface area (Å²) in [6.07, 6.45) is 2.19. The predicted octanol–water partition coefficient (Wildman–Crippen LogP) is 1.83.